The number of carbonyl (C=O) groups excluding carboxylic acids is 2. The summed E-state index contributed by atoms with van der Waals surface area (Å²) >= 11 is 12.0. The maximum Gasteiger partial charge on any atom is 0.257 e. The van der Waals surface area contributed by atoms with Gasteiger partial charge in [-0.3, -0.25) is 14.9 Å². The van der Waals surface area contributed by atoms with Crippen LogP contribution in [0.2, 0.25) is 5.02 Å². The molecule has 0 aliphatic carbocycles. The Morgan fingerprint density at radius 2 is 1.82 bits per heavy atom. The second kappa shape index (κ2) is 12.0. The third-order valence-corrected chi connectivity index (χ3v) is 5.94. The van der Waals surface area contributed by atoms with Crippen LogP contribution in [0.1, 0.15) is 37.6 Å². The Balaban J connectivity index is 1.66. The number of ether oxygens (including phenoxy) is 1. The zero-order valence-corrected chi connectivity index (χ0v) is 21.3. The Hall–Kier alpha value is -2.84. The molecule has 1 aliphatic rings. The number of rotatable bonds is 7. The van der Waals surface area contributed by atoms with Crippen LogP contribution in [0.25, 0.3) is 0 Å². The third kappa shape index (κ3) is 6.61. The van der Waals surface area contributed by atoms with Crippen LogP contribution in [-0.4, -0.2) is 54.6 Å². The Morgan fingerprint density at radius 3 is 2.50 bits per heavy atom. The molecular weight excluding hydrogens is 472 g/mol. The van der Waals surface area contributed by atoms with E-state index in [0.29, 0.717) is 54.8 Å². The average Bonchev–Trinajstić information content (AvgIpc) is 2.82. The van der Waals surface area contributed by atoms with Crippen molar-refractivity contribution in [2.45, 2.75) is 27.2 Å². The van der Waals surface area contributed by atoms with Crippen LogP contribution in [0, 0.1) is 5.92 Å². The number of carbonyl (C=O) groups is 2. The van der Waals surface area contributed by atoms with Crippen molar-refractivity contribution in [2.24, 2.45) is 5.92 Å². The summed E-state index contributed by atoms with van der Waals surface area (Å²) in [5, 5.41) is 6.58. The fraction of sp³-hybridized carbons (Fsp3) is 0.400. The number of nitrogens with one attached hydrogen (secondary N) is 2. The van der Waals surface area contributed by atoms with Crippen LogP contribution in [0.15, 0.2) is 42.5 Å². The Morgan fingerprint density at radius 1 is 1.12 bits per heavy atom. The highest BCUT2D eigenvalue weighted by atomic mass is 35.5. The summed E-state index contributed by atoms with van der Waals surface area (Å²) in [6.07, 6.45) is 0.884. The SMILES string of the molecule is CCCOc1cccc(C(=O)NC(=S)Nc2cccc(Cl)c2N2CCN(C(=O)C(C)C)CC2)c1. The fourth-order valence-electron chi connectivity index (χ4n) is 3.73. The molecule has 1 heterocycles. The van der Waals surface area contributed by atoms with Gasteiger partial charge in [-0.1, -0.05) is 44.5 Å². The number of hydrogen-bond acceptors (Lipinski definition) is 5. The van der Waals surface area contributed by atoms with Crippen LogP contribution in [-0.2, 0) is 4.79 Å². The van der Waals surface area contributed by atoms with Crippen molar-refractivity contribution in [1.82, 2.24) is 10.2 Å². The van der Waals surface area contributed by atoms with Gasteiger partial charge in [-0.2, -0.15) is 0 Å². The third-order valence-electron chi connectivity index (χ3n) is 5.43. The molecule has 3 rings (SSSR count). The molecule has 34 heavy (non-hydrogen) atoms. The zero-order chi connectivity index (χ0) is 24.7. The maximum atomic E-state index is 12.7. The first-order valence-corrected chi connectivity index (χ1v) is 12.3. The minimum Gasteiger partial charge on any atom is -0.494 e. The molecule has 2 aromatic rings. The van der Waals surface area contributed by atoms with Gasteiger partial charge in [0.25, 0.3) is 5.91 Å². The van der Waals surface area contributed by atoms with Crippen molar-refractivity contribution in [3.63, 3.8) is 0 Å². The van der Waals surface area contributed by atoms with E-state index in [4.69, 9.17) is 28.6 Å². The van der Waals surface area contributed by atoms with Crippen molar-refractivity contribution < 1.29 is 14.3 Å². The molecule has 2 amide bonds. The lowest BCUT2D eigenvalue weighted by atomic mass is 10.1. The molecule has 0 radical (unpaired) electrons. The summed E-state index contributed by atoms with van der Waals surface area (Å²) in [5.74, 6) is 0.443. The van der Waals surface area contributed by atoms with E-state index in [2.05, 4.69) is 15.5 Å². The first-order chi connectivity index (χ1) is 16.3. The molecule has 7 nitrogen and oxygen atoms in total. The maximum absolute atomic E-state index is 12.7. The monoisotopic (exact) mass is 502 g/mol. The number of halogens is 1. The van der Waals surface area contributed by atoms with Crippen LogP contribution in [0.3, 0.4) is 0 Å². The highest BCUT2D eigenvalue weighted by molar-refractivity contribution is 7.80. The van der Waals surface area contributed by atoms with Crippen LogP contribution in [0.4, 0.5) is 11.4 Å². The number of para-hydroxylation sites is 1. The molecule has 182 valence electrons. The molecule has 2 aromatic carbocycles. The van der Waals surface area contributed by atoms with Gasteiger partial charge >= 0.3 is 0 Å². The smallest absolute Gasteiger partial charge is 0.257 e. The number of anilines is 2. The summed E-state index contributed by atoms with van der Waals surface area (Å²) < 4.78 is 5.60. The van der Waals surface area contributed by atoms with Gasteiger partial charge < -0.3 is 19.9 Å². The van der Waals surface area contributed by atoms with Gasteiger partial charge in [-0.25, -0.2) is 0 Å². The first-order valence-electron chi connectivity index (χ1n) is 11.5. The van der Waals surface area contributed by atoms with Gasteiger partial charge in [0.05, 0.1) is 23.0 Å². The Labute approximate surface area is 211 Å². The normalized spacial score (nSPS) is 13.6. The summed E-state index contributed by atoms with van der Waals surface area (Å²) in [6.45, 7) is 8.99. The van der Waals surface area contributed by atoms with E-state index < -0.39 is 0 Å². The summed E-state index contributed by atoms with van der Waals surface area (Å²) in [5.41, 5.74) is 1.95. The molecule has 0 aromatic heterocycles. The van der Waals surface area contributed by atoms with Gasteiger partial charge in [0, 0.05) is 37.7 Å². The quantitative estimate of drug-likeness (QED) is 0.541. The molecule has 1 fully saturated rings. The van der Waals surface area contributed by atoms with Gasteiger partial charge in [0.1, 0.15) is 5.75 Å². The van der Waals surface area contributed by atoms with Crippen molar-refractivity contribution >= 4 is 52.1 Å². The van der Waals surface area contributed by atoms with E-state index in [-0.39, 0.29) is 22.8 Å². The van der Waals surface area contributed by atoms with E-state index in [1.807, 2.05) is 49.9 Å². The molecule has 0 bridgehead atoms. The summed E-state index contributed by atoms with van der Waals surface area (Å²) in [6, 6.07) is 12.5. The topological polar surface area (TPSA) is 73.9 Å². The van der Waals surface area contributed by atoms with Gasteiger partial charge in [0.2, 0.25) is 5.91 Å². The molecule has 2 N–H and O–H groups in total. The minimum absolute atomic E-state index is 0.0241. The number of amides is 2. The second-order valence-corrected chi connectivity index (χ2v) is 9.20. The predicted molar refractivity (Wildman–Crippen MR) is 141 cm³/mol. The van der Waals surface area contributed by atoms with E-state index in [9.17, 15) is 9.59 Å². The summed E-state index contributed by atoms with van der Waals surface area (Å²) in [7, 11) is 0. The summed E-state index contributed by atoms with van der Waals surface area (Å²) in [4.78, 5) is 29.0. The van der Waals surface area contributed by atoms with Crippen LogP contribution in [0.5, 0.6) is 5.75 Å². The lowest BCUT2D eigenvalue weighted by molar-refractivity contribution is -0.134. The van der Waals surface area contributed by atoms with Gasteiger partial charge in [0.15, 0.2) is 5.11 Å². The minimum atomic E-state index is -0.330. The first kappa shape index (κ1) is 25.8. The van der Waals surface area contributed by atoms with E-state index >= 15 is 0 Å². The largest absolute Gasteiger partial charge is 0.494 e. The van der Waals surface area contributed by atoms with Gasteiger partial charge in [-0.05, 0) is 49.0 Å². The van der Waals surface area contributed by atoms with E-state index in [1.54, 1.807) is 18.2 Å². The molecule has 0 saturated carbocycles. The molecule has 0 atom stereocenters. The second-order valence-electron chi connectivity index (χ2n) is 8.39. The zero-order valence-electron chi connectivity index (χ0n) is 19.8. The predicted octanol–water partition coefficient (Wildman–Crippen LogP) is 4.56. The molecule has 1 aliphatic heterocycles. The van der Waals surface area contributed by atoms with Crippen molar-refractivity contribution in [3.8, 4) is 5.75 Å². The molecule has 0 unspecified atom stereocenters. The van der Waals surface area contributed by atoms with E-state index in [1.165, 1.54) is 0 Å². The lowest BCUT2D eigenvalue weighted by Crippen LogP contribution is -2.50. The lowest BCUT2D eigenvalue weighted by Gasteiger charge is -2.38. The highest BCUT2D eigenvalue weighted by Gasteiger charge is 2.25. The van der Waals surface area contributed by atoms with Crippen molar-refractivity contribution in [1.29, 1.82) is 0 Å². The molecule has 9 heteroatoms. The van der Waals surface area contributed by atoms with Crippen molar-refractivity contribution in [3.05, 3.63) is 53.1 Å². The average molecular weight is 503 g/mol. The molecule has 1 saturated heterocycles. The van der Waals surface area contributed by atoms with Crippen molar-refractivity contribution in [2.75, 3.05) is 43.0 Å². The van der Waals surface area contributed by atoms with Crippen LogP contribution < -0.4 is 20.3 Å². The fourth-order valence-corrected chi connectivity index (χ4v) is 4.23. The standard InChI is InChI=1S/C25H31ClN4O3S/c1-4-15-33-19-8-5-7-18(16-19)23(31)28-25(34)27-21-10-6-9-20(26)22(21)29-11-13-30(14-12-29)24(32)17(2)3/h5-10,16-17H,4,11-15H2,1-3H3,(H2,27,28,31,34). The number of piperazine rings is 1. The molecule has 0 spiro atoms. The van der Waals surface area contributed by atoms with Gasteiger partial charge in [-0.15, -0.1) is 0 Å². The highest BCUT2D eigenvalue weighted by Crippen LogP contribution is 2.34. The Bertz CT molecular complexity index is 1040. The Kier molecular flexibility index (Phi) is 9.12. The number of benzene rings is 2. The molecular formula is C25H31ClN4O3S. The number of hydrogen-bond donors (Lipinski definition) is 2. The number of thiocarbonyl (C=S) groups is 1. The number of nitrogens with zero attached hydrogens (tertiary/aromatic N) is 2. The van der Waals surface area contributed by atoms with E-state index in [0.717, 1.165) is 12.1 Å². The van der Waals surface area contributed by atoms with Crippen LogP contribution >= 0.6 is 23.8 Å².